The van der Waals surface area contributed by atoms with Gasteiger partial charge in [-0.3, -0.25) is 4.98 Å². The summed E-state index contributed by atoms with van der Waals surface area (Å²) in [5.74, 6) is 0.623. The monoisotopic (exact) mass is 255 g/mol. The van der Waals surface area contributed by atoms with E-state index in [1.165, 1.54) is 0 Å². The van der Waals surface area contributed by atoms with E-state index in [-0.39, 0.29) is 5.63 Å². The normalized spacial score (nSPS) is 11.1. The van der Waals surface area contributed by atoms with Crippen molar-refractivity contribution in [3.05, 3.63) is 46.4 Å². The largest absolute Gasteiger partial charge is 0.492 e. The van der Waals surface area contributed by atoms with Gasteiger partial charge in [0.1, 0.15) is 11.3 Å². The maximum Gasteiger partial charge on any atom is 0.346 e. The Morgan fingerprint density at radius 1 is 1.32 bits per heavy atom. The van der Waals surface area contributed by atoms with Crippen molar-refractivity contribution in [1.82, 2.24) is 4.98 Å². The van der Waals surface area contributed by atoms with Crippen LogP contribution >= 0.6 is 0 Å². The average Bonchev–Trinajstić information content (AvgIpc) is 2.41. The van der Waals surface area contributed by atoms with Crippen LogP contribution in [0, 0.1) is 6.92 Å². The lowest BCUT2D eigenvalue weighted by Gasteiger charge is -2.09. The van der Waals surface area contributed by atoms with Gasteiger partial charge in [0, 0.05) is 10.9 Å². The fourth-order valence-electron chi connectivity index (χ4n) is 2.24. The second-order valence-electron chi connectivity index (χ2n) is 4.29. The molecule has 3 rings (SSSR count). The zero-order valence-corrected chi connectivity index (χ0v) is 10.8. The van der Waals surface area contributed by atoms with Crippen LogP contribution in [-0.2, 0) is 0 Å². The minimum absolute atomic E-state index is 0.375. The average molecular weight is 255 g/mol. The molecule has 0 N–H and O–H groups in total. The Morgan fingerprint density at radius 2 is 2.11 bits per heavy atom. The Bertz CT molecular complexity index is 821. The highest BCUT2D eigenvalue weighted by molar-refractivity contribution is 6.03. The van der Waals surface area contributed by atoms with Gasteiger partial charge in [-0.15, -0.1) is 0 Å². The predicted molar refractivity (Wildman–Crippen MR) is 73.7 cm³/mol. The first-order chi connectivity index (χ1) is 9.22. The van der Waals surface area contributed by atoms with E-state index in [1.807, 2.05) is 32.0 Å². The molecule has 0 fully saturated rings. The van der Waals surface area contributed by atoms with Crippen molar-refractivity contribution in [3.8, 4) is 5.75 Å². The van der Waals surface area contributed by atoms with Crippen LogP contribution in [-0.4, -0.2) is 11.6 Å². The summed E-state index contributed by atoms with van der Waals surface area (Å²) in [7, 11) is 0. The minimum Gasteiger partial charge on any atom is -0.492 e. The Balaban J connectivity index is 2.48. The summed E-state index contributed by atoms with van der Waals surface area (Å²) in [5.41, 5.74) is 1.61. The maximum atomic E-state index is 12.1. The molecule has 0 bridgehead atoms. The molecule has 0 aliphatic heterocycles. The molecule has 0 saturated heterocycles. The summed E-state index contributed by atoms with van der Waals surface area (Å²) in [6.45, 7) is 4.28. The summed E-state index contributed by atoms with van der Waals surface area (Å²) in [6, 6.07) is 7.39. The van der Waals surface area contributed by atoms with Crippen LogP contribution in [0.2, 0.25) is 0 Å². The molecule has 2 heterocycles. The fraction of sp³-hybridized carbons (Fsp3) is 0.200. The van der Waals surface area contributed by atoms with E-state index in [9.17, 15) is 4.79 Å². The second kappa shape index (κ2) is 4.39. The SMILES string of the molecule is CCOc1cnc2c(c1C)c(=O)oc1ccccc12. The highest BCUT2D eigenvalue weighted by Crippen LogP contribution is 2.27. The van der Waals surface area contributed by atoms with E-state index in [1.54, 1.807) is 12.3 Å². The molecule has 4 nitrogen and oxygen atoms in total. The van der Waals surface area contributed by atoms with E-state index in [0.717, 1.165) is 10.9 Å². The lowest BCUT2D eigenvalue weighted by Crippen LogP contribution is -2.05. The molecule has 2 aromatic heterocycles. The molecule has 3 aromatic rings. The number of rotatable bonds is 2. The quantitative estimate of drug-likeness (QED) is 0.521. The number of nitrogens with zero attached hydrogens (tertiary/aromatic N) is 1. The third-order valence-electron chi connectivity index (χ3n) is 3.14. The van der Waals surface area contributed by atoms with Crippen LogP contribution in [0.15, 0.2) is 39.7 Å². The molecule has 0 spiro atoms. The number of benzene rings is 1. The second-order valence-corrected chi connectivity index (χ2v) is 4.29. The molecule has 1 aromatic carbocycles. The first-order valence-electron chi connectivity index (χ1n) is 6.16. The van der Waals surface area contributed by atoms with E-state index in [2.05, 4.69) is 4.98 Å². The van der Waals surface area contributed by atoms with Gasteiger partial charge in [0.2, 0.25) is 0 Å². The Hall–Kier alpha value is -2.36. The van der Waals surface area contributed by atoms with E-state index in [0.29, 0.717) is 28.8 Å². The maximum absolute atomic E-state index is 12.1. The first-order valence-corrected chi connectivity index (χ1v) is 6.16. The summed E-state index contributed by atoms with van der Waals surface area (Å²) >= 11 is 0. The van der Waals surface area contributed by atoms with Crippen molar-refractivity contribution < 1.29 is 9.15 Å². The van der Waals surface area contributed by atoms with Crippen LogP contribution < -0.4 is 10.4 Å². The number of pyridine rings is 1. The van der Waals surface area contributed by atoms with Crippen molar-refractivity contribution in [3.63, 3.8) is 0 Å². The van der Waals surface area contributed by atoms with E-state index < -0.39 is 0 Å². The highest BCUT2D eigenvalue weighted by Gasteiger charge is 2.13. The van der Waals surface area contributed by atoms with Crippen molar-refractivity contribution in [1.29, 1.82) is 0 Å². The Kier molecular flexibility index (Phi) is 2.71. The molecular weight excluding hydrogens is 242 g/mol. The van der Waals surface area contributed by atoms with Crippen molar-refractivity contribution >= 4 is 21.9 Å². The van der Waals surface area contributed by atoms with Gasteiger partial charge in [-0.2, -0.15) is 0 Å². The van der Waals surface area contributed by atoms with Crippen LogP contribution in [0.4, 0.5) is 0 Å². The van der Waals surface area contributed by atoms with Gasteiger partial charge in [-0.25, -0.2) is 4.79 Å². The lowest BCUT2D eigenvalue weighted by molar-refractivity contribution is 0.337. The Morgan fingerprint density at radius 3 is 2.89 bits per heavy atom. The number of aromatic nitrogens is 1. The summed E-state index contributed by atoms with van der Waals surface area (Å²) in [5, 5.41) is 1.33. The molecule has 0 radical (unpaired) electrons. The standard InChI is InChI=1S/C15H13NO3/c1-3-18-12-8-16-14-10-6-4-5-7-11(10)19-15(17)13(14)9(12)2/h4-8H,3H2,1-2H3. The van der Waals surface area contributed by atoms with Crippen molar-refractivity contribution in [2.45, 2.75) is 13.8 Å². The van der Waals surface area contributed by atoms with Gasteiger partial charge < -0.3 is 9.15 Å². The van der Waals surface area contributed by atoms with Gasteiger partial charge in [0.05, 0.1) is 23.7 Å². The van der Waals surface area contributed by atoms with E-state index >= 15 is 0 Å². The first kappa shape index (κ1) is 11.7. The molecule has 0 aliphatic carbocycles. The molecule has 96 valence electrons. The van der Waals surface area contributed by atoms with Gasteiger partial charge >= 0.3 is 5.63 Å². The number of fused-ring (bicyclic) bond motifs is 3. The molecule has 19 heavy (non-hydrogen) atoms. The Labute approximate surface area is 109 Å². The lowest BCUT2D eigenvalue weighted by atomic mass is 10.1. The smallest absolute Gasteiger partial charge is 0.346 e. The van der Waals surface area contributed by atoms with Gasteiger partial charge in [0.25, 0.3) is 0 Å². The van der Waals surface area contributed by atoms with E-state index in [4.69, 9.17) is 9.15 Å². The fourth-order valence-corrected chi connectivity index (χ4v) is 2.24. The third-order valence-corrected chi connectivity index (χ3v) is 3.14. The topological polar surface area (TPSA) is 52.3 Å². The summed E-state index contributed by atoms with van der Waals surface area (Å²) < 4.78 is 10.8. The van der Waals surface area contributed by atoms with Crippen molar-refractivity contribution in [2.24, 2.45) is 0 Å². The molecule has 0 saturated carbocycles. The third kappa shape index (κ3) is 1.76. The molecule has 0 unspecified atom stereocenters. The summed E-state index contributed by atoms with van der Waals surface area (Å²) in [6.07, 6.45) is 1.66. The number of ether oxygens (including phenoxy) is 1. The molecule has 0 atom stereocenters. The number of hydrogen-bond donors (Lipinski definition) is 0. The zero-order chi connectivity index (χ0) is 13.4. The number of para-hydroxylation sites is 1. The number of hydrogen-bond acceptors (Lipinski definition) is 4. The van der Waals surface area contributed by atoms with Crippen LogP contribution in [0.5, 0.6) is 5.75 Å². The van der Waals surface area contributed by atoms with Gasteiger partial charge in [-0.05, 0) is 26.0 Å². The van der Waals surface area contributed by atoms with Crippen LogP contribution in [0.3, 0.4) is 0 Å². The highest BCUT2D eigenvalue weighted by atomic mass is 16.5. The van der Waals surface area contributed by atoms with Gasteiger partial charge in [0.15, 0.2) is 0 Å². The summed E-state index contributed by atoms with van der Waals surface area (Å²) in [4.78, 5) is 16.5. The molecule has 0 amide bonds. The molecule has 4 heteroatoms. The number of aryl methyl sites for hydroxylation is 1. The van der Waals surface area contributed by atoms with Gasteiger partial charge in [-0.1, -0.05) is 12.1 Å². The van der Waals surface area contributed by atoms with Crippen molar-refractivity contribution in [2.75, 3.05) is 6.61 Å². The van der Waals surface area contributed by atoms with Crippen LogP contribution in [0.1, 0.15) is 12.5 Å². The molecule has 0 aliphatic rings. The predicted octanol–water partition coefficient (Wildman–Crippen LogP) is 3.05. The van der Waals surface area contributed by atoms with Crippen LogP contribution in [0.25, 0.3) is 21.9 Å². The zero-order valence-electron chi connectivity index (χ0n) is 10.8. The minimum atomic E-state index is -0.375. The molecular formula is C15H13NO3.